The Morgan fingerprint density at radius 3 is 2.86 bits per heavy atom. The number of allylic oxidation sites excluding steroid dienone is 2. The third-order valence-electron chi connectivity index (χ3n) is 3.92. The van der Waals surface area contributed by atoms with Crippen LogP contribution in [0.15, 0.2) is 42.6 Å². The largest absolute Gasteiger partial charge is 0.352 e. The van der Waals surface area contributed by atoms with Crippen molar-refractivity contribution in [3.05, 3.63) is 53.3 Å². The summed E-state index contributed by atoms with van der Waals surface area (Å²) < 4.78 is 0. The third-order valence-corrected chi connectivity index (χ3v) is 4.22. The highest BCUT2D eigenvalue weighted by Gasteiger charge is 2.15. The number of hydrogen-bond donors (Lipinski definition) is 1. The molecule has 0 bridgehead atoms. The number of rotatable bonds is 3. The molecule has 2 aromatic rings. The van der Waals surface area contributed by atoms with Gasteiger partial charge in [0, 0.05) is 18.1 Å². The van der Waals surface area contributed by atoms with Crippen LogP contribution in [0.4, 0.5) is 0 Å². The van der Waals surface area contributed by atoms with Gasteiger partial charge in [0.2, 0.25) is 0 Å². The lowest BCUT2D eigenvalue weighted by molar-refractivity contribution is 0.0947. The van der Waals surface area contributed by atoms with Crippen molar-refractivity contribution >= 4 is 28.3 Å². The van der Waals surface area contributed by atoms with E-state index in [1.54, 1.807) is 6.20 Å². The Morgan fingerprint density at radius 2 is 2.10 bits per heavy atom. The molecule has 3 nitrogen and oxygen atoms in total. The predicted octanol–water partition coefficient (Wildman–Crippen LogP) is 3.97. The number of aromatic nitrogens is 1. The number of carbonyl (C=O) groups is 1. The number of fused-ring (bicyclic) bond motifs is 1. The highest BCUT2D eigenvalue weighted by Crippen LogP contribution is 2.24. The summed E-state index contributed by atoms with van der Waals surface area (Å²) >= 11 is 6.08. The number of nitrogens with one attached hydrogen (secondary N) is 1. The Labute approximate surface area is 129 Å². The molecule has 21 heavy (non-hydrogen) atoms. The molecule has 0 radical (unpaired) electrons. The van der Waals surface area contributed by atoms with Gasteiger partial charge in [-0.3, -0.25) is 4.79 Å². The summed E-state index contributed by atoms with van der Waals surface area (Å²) in [6.07, 6.45) is 9.23. The Bertz CT molecular complexity index is 696. The summed E-state index contributed by atoms with van der Waals surface area (Å²) in [4.78, 5) is 16.5. The van der Waals surface area contributed by atoms with Gasteiger partial charge >= 0.3 is 0 Å². The van der Waals surface area contributed by atoms with Crippen LogP contribution in [0.1, 0.15) is 29.6 Å². The second-order valence-corrected chi connectivity index (χ2v) is 5.73. The zero-order chi connectivity index (χ0) is 14.7. The van der Waals surface area contributed by atoms with E-state index in [0.29, 0.717) is 23.2 Å². The van der Waals surface area contributed by atoms with Crippen molar-refractivity contribution in [3.8, 4) is 0 Å². The molecule has 0 fully saturated rings. The maximum atomic E-state index is 12.4. The minimum Gasteiger partial charge on any atom is -0.352 e. The molecule has 1 aromatic carbocycles. The van der Waals surface area contributed by atoms with Gasteiger partial charge in [-0.15, -0.1) is 0 Å². The fraction of sp³-hybridized carbons (Fsp3) is 0.294. The van der Waals surface area contributed by atoms with E-state index in [2.05, 4.69) is 22.5 Å². The van der Waals surface area contributed by atoms with Crippen molar-refractivity contribution < 1.29 is 4.79 Å². The first-order chi connectivity index (χ1) is 10.3. The molecule has 1 unspecified atom stereocenters. The minimum atomic E-state index is -0.0788. The van der Waals surface area contributed by atoms with Gasteiger partial charge in [-0.1, -0.05) is 48.0 Å². The smallest absolute Gasteiger partial charge is 0.253 e. The summed E-state index contributed by atoms with van der Waals surface area (Å²) in [5.41, 5.74) is 0.585. The van der Waals surface area contributed by atoms with Gasteiger partial charge in [-0.25, -0.2) is 4.98 Å². The maximum Gasteiger partial charge on any atom is 0.253 e. The van der Waals surface area contributed by atoms with Gasteiger partial charge in [0.25, 0.3) is 5.91 Å². The lowest BCUT2D eigenvalue weighted by Gasteiger charge is -2.18. The first kappa shape index (κ1) is 14.1. The van der Waals surface area contributed by atoms with E-state index in [-0.39, 0.29) is 5.91 Å². The molecule has 1 N–H and O–H groups in total. The molecule has 0 spiro atoms. The molecule has 3 rings (SSSR count). The van der Waals surface area contributed by atoms with Crippen molar-refractivity contribution in [2.45, 2.75) is 19.3 Å². The molecule has 0 saturated heterocycles. The lowest BCUT2D eigenvalue weighted by Crippen LogP contribution is -2.30. The number of benzene rings is 1. The Hall–Kier alpha value is -1.87. The molecule has 1 aliphatic rings. The van der Waals surface area contributed by atoms with Gasteiger partial charge in [0.1, 0.15) is 5.15 Å². The van der Waals surface area contributed by atoms with Crippen LogP contribution in [-0.4, -0.2) is 17.4 Å². The third kappa shape index (κ3) is 3.08. The van der Waals surface area contributed by atoms with Gasteiger partial charge < -0.3 is 5.32 Å². The minimum absolute atomic E-state index is 0.0788. The molecule has 1 amide bonds. The monoisotopic (exact) mass is 300 g/mol. The van der Waals surface area contributed by atoms with Crippen LogP contribution in [0.3, 0.4) is 0 Å². The molecule has 108 valence electrons. The van der Waals surface area contributed by atoms with Crippen molar-refractivity contribution in [1.82, 2.24) is 10.3 Å². The van der Waals surface area contributed by atoms with E-state index < -0.39 is 0 Å². The first-order valence-electron chi connectivity index (χ1n) is 7.22. The Balaban J connectivity index is 1.78. The van der Waals surface area contributed by atoms with Gasteiger partial charge in [0.05, 0.1) is 5.56 Å². The van der Waals surface area contributed by atoms with Crippen molar-refractivity contribution in [3.63, 3.8) is 0 Å². The van der Waals surface area contributed by atoms with Crippen molar-refractivity contribution in [2.75, 3.05) is 6.54 Å². The van der Waals surface area contributed by atoms with Gasteiger partial charge in [-0.05, 0) is 30.6 Å². The summed E-state index contributed by atoms with van der Waals surface area (Å²) in [5, 5.41) is 5.11. The zero-order valence-electron chi connectivity index (χ0n) is 11.7. The van der Waals surface area contributed by atoms with Crippen LogP contribution < -0.4 is 5.32 Å². The maximum absolute atomic E-state index is 12.4. The lowest BCUT2D eigenvalue weighted by atomic mass is 9.94. The number of carbonyl (C=O) groups excluding carboxylic acids is 1. The molecule has 1 aromatic heterocycles. The number of nitrogens with zero attached hydrogens (tertiary/aromatic N) is 1. The molecule has 0 saturated carbocycles. The SMILES string of the molecule is O=C(NCC1CC=CCC1)c1cnc(Cl)c2ccccc12. The standard InChI is InChI=1S/C17H17ClN2O/c18-16-14-9-5-4-8-13(14)15(11-19-16)17(21)20-10-12-6-2-1-3-7-12/h1-2,4-5,8-9,11-12H,3,6-7,10H2,(H,20,21). The second-order valence-electron chi connectivity index (χ2n) is 5.37. The second kappa shape index (κ2) is 6.27. The summed E-state index contributed by atoms with van der Waals surface area (Å²) in [7, 11) is 0. The molecular weight excluding hydrogens is 284 g/mol. The summed E-state index contributed by atoms with van der Waals surface area (Å²) in [5.74, 6) is 0.454. The van der Waals surface area contributed by atoms with Crippen LogP contribution >= 0.6 is 11.6 Å². The quantitative estimate of drug-likeness (QED) is 0.688. The number of amides is 1. The summed E-state index contributed by atoms with van der Waals surface area (Å²) in [6, 6.07) is 7.59. The Morgan fingerprint density at radius 1 is 1.29 bits per heavy atom. The average molecular weight is 301 g/mol. The van der Waals surface area contributed by atoms with E-state index >= 15 is 0 Å². The Kier molecular flexibility index (Phi) is 4.20. The van der Waals surface area contributed by atoms with Crippen LogP contribution in [0.25, 0.3) is 10.8 Å². The van der Waals surface area contributed by atoms with E-state index in [1.807, 2.05) is 24.3 Å². The number of pyridine rings is 1. The summed E-state index contributed by atoms with van der Waals surface area (Å²) in [6.45, 7) is 0.708. The van der Waals surface area contributed by atoms with Crippen LogP contribution in [0, 0.1) is 5.92 Å². The van der Waals surface area contributed by atoms with Crippen molar-refractivity contribution in [1.29, 1.82) is 0 Å². The van der Waals surface area contributed by atoms with Crippen LogP contribution in [0.2, 0.25) is 5.15 Å². The van der Waals surface area contributed by atoms with Crippen LogP contribution in [-0.2, 0) is 0 Å². The van der Waals surface area contributed by atoms with E-state index in [4.69, 9.17) is 11.6 Å². The number of halogens is 1. The van der Waals surface area contributed by atoms with Crippen molar-refractivity contribution in [2.24, 2.45) is 5.92 Å². The molecule has 4 heteroatoms. The van der Waals surface area contributed by atoms with Gasteiger partial charge in [-0.2, -0.15) is 0 Å². The molecule has 1 atom stereocenters. The van der Waals surface area contributed by atoms with Gasteiger partial charge in [0.15, 0.2) is 0 Å². The highest BCUT2D eigenvalue weighted by molar-refractivity contribution is 6.34. The molecular formula is C17H17ClN2O. The fourth-order valence-electron chi connectivity index (χ4n) is 2.71. The molecule has 0 aliphatic heterocycles. The van der Waals surface area contributed by atoms with E-state index in [1.165, 1.54) is 0 Å². The zero-order valence-corrected chi connectivity index (χ0v) is 12.4. The normalized spacial score (nSPS) is 17.9. The first-order valence-corrected chi connectivity index (χ1v) is 7.60. The number of hydrogen-bond acceptors (Lipinski definition) is 2. The van der Waals surface area contributed by atoms with Crippen LogP contribution in [0.5, 0.6) is 0 Å². The fourth-order valence-corrected chi connectivity index (χ4v) is 2.93. The highest BCUT2D eigenvalue weighted by atomic mass is 35.5. The van der Waals surface area contributed by atoms with E-state index in [0.717, 1.165) is 30.0 Å². The van der Waals surface area contributed by atoms with E-state index in [9.17, 15) is 4.79 Å². The molecule has 1 heterocycles. The topological polar surface area (TPSA) is 42.0 Å². The predicted molar refractivity (Wildman–Crippen MR) is 85.6 cm³/mol. The average Bonchev–Trinajstić information content (AvgIpc) is 2.54. The molecule has 1 aliphatic carbocycles.